The van der Waals surface area contributed by atoms with Crippen LogP contribution in [0.3, 0.4) is 0 Å². The summed E-state index contributed by atoms with van der Waals surface area (Å²) in [6.45, 7) is 0. The summed E-state index contributed by atoms with van der Waals surface area (Å²) < 4.78 is 10.5. The van der Waals surface area contributed by atoms with Gasteiger partial charge in [-0.3, -0.25) is 4.79 Å². The molecular weight excluding hydrogens is 266 g/mol. The number of hydrogen-bond donors (Lipinski definition) is 1. The Kier molecular flexibility index (Phi) is 4.53. The fraction of sp³-hybridized carbons (Fsp3) is 0.500. The van der Waals surface area contributed by atoms with Crippen LogP contribution in [0.4, 0.5) is 0 Å². The monoisotopic (exact) mass is 283 g/mol. The van der Waals surface area contributed by atoms with Gasteiger partial charge in [-0.15, -0.1) is 11.6 Å². The van der Waals surface area contributed by atoms with Gasteiger partial charge in [0.1, 0.15) is 0 Å². The van der Waals surface area contributed by atoms with E-state index in [2.05, 4.69) is 5.32 Å². The van der Waals surface area contributed by atoms with E-state index in [9.17, 15) is 4.79 Å². The minimum absolute atomic E-state index is 0.0539. The molecule has 1 amide bonds. The molecule has 1 unspecified atom stereocenters. The van der Waals surface area contributed by atoms with Crippen LogP contribution in [0.25, 0.3) is 0 Å². The molecule has 1 aromatic rings. The van der Waals surface area contributed by atoms with Gasteiger partial charge >= 0.3 is 0 Å². The zero-order chi connectivity index (χ0) is 13.8. The summed E-state index contributed by atoms with van der Waals surface area (Å²) >= 11 is 5.70. The first kappa shape index (κ1) is 14.0. The highest BCUT2D eigenvalue weighted by Crippen LogP contribution is 2.33. The van der Waals surface area contributed by atoms with Crippen molar-refractivity contribution in [3.63, 3.8) is 0 Å². The fourth-order valence-corrected chi connectivity index (χ4v) is 2.53. The van der Waals surface area contributed by atoms with E-state index in [1.807, 2.05) is 6.07 Å². The van der Waals surface area contributed by atoms with Crippen LogP contribution in [0, 0.1) is 0 Å². The zero-order valence-corrected chi connectivity index (χ0v) is 11.9. The van der Waals surface area contributed by atoms with Crippen molar-refractivity contribution in [2.75, 3.05) is 20.1 Å². The zero-order valence-electron chi connectivity index (χ0n) is 11.2. The van der Waals surface area contributed by atoms with Crippen molar-refractivity contribution in [1.29, 1.82) is 0 Å². The molecule has 2 rings (SSSR count). The lowest BCUT2D eigenvalue weighted by Gasteiger charge is -2.26. The molecule has 1 heterocycles. The van der Waals surface area contributed by atoms with Gasteiger partial charge in [0.15, 0.2) is 11.5 Å². The van der Waals surface area contributed by atoms with Crippen LogP contribution in [-0.4, -0.2) is 32.0 Å². The van der Waals surface area contributed by atoms with Crippen molar-refractivity contribution in [1.82, 2.24) is 5.32 Å². The molecule has 1 aromatic carbocycles. The van der Waals surface area contributed by atoms with Crippen molar-refractivity contribution in [3.8, 4) is 11.5 Å². The van der Waals surface area contributed by atoms with Crippen LogP contribution < -0.4 is 14.8 Å². The Balaban J connectivity index is 2.28. The average molecular weight is 284 g/mol. The van der Waals surface area contributed by atoms with E-state index in [4.69, 9.17) is 21.1 Å². The van der Waals surface area contributed by atoms with Crippen molar-refractivity contribution in [2.24, 2.45) is 0 Å². The van der Waals surface area contributed by atoms with Crippen LogP contribution in [0.15, 0.2) is 12.1 Å². The van der Waals surface area contributed by atoms with E-state index in [0.29, 0.717) is 22.9 Å². The summed E-state index contributed by atoms with van der Waals surface area (Å²) in [6, 6.07) is 3.78. The van der Waals surface area contributed by atoms with Crippen LogP contribution in [0.5, 0.6) is 11.5 Å². The number of hydrogen-bond acceptors (Lipinski definition) is 3. The second kappa shape index (κ2) is 6.15. The number of alkyl halides is 1. The topological polar surface area (TPSA) is 47.6 Å². The number of benzene rings is 1. The minimum atomic E-state index is -0.0539. The SMILES string of the molecule is COc1cc2c(cc1OC)C(=O)NC(CCCCl)C2. The minimum Gasteiger partial charge on any atom is -0.493 e. The van der Waals surface area contributed by atoms with Gasteiger partial charge < -0.3 is 14.8 Å². The fourth-order valence-electron chi connectivity index (χ4n) is 2.38. The highest BCUT2D eigenvalue weighted by molar-refractivity contribution is 6.17. The first-order valence-electron chi connectivity index (χ1n) is 6.31. The maximum atomic E-state index is 12.1. The van der Waals surface area contributed by atoms with Crippen molar-refractivity contribution >= 4 is 17.5 Å². The molecule has 0 saturated carbocycles. The molecule has 1 atom stereocenters. The van der Waals surface area contributed by atoms with Crippen LogP contribution in [0.2, 0.25) is 0 Å². The second-order valence-electron chi connectivity index (χ2n) is 4.57. The highest BCUT2D eigenvalue weighted by Gasteiger charge is 2.25. The number of halogens is 1. The Morgan fingerprint density at radius 3 is 2.63 bits per heavy atom. The third-order valence-corrected chi connectivity index (χ3v) is 3.61. The maximum Gasteiger partial charge on any atom is 0.251 e. The number of ether oxygens (including phenoxy) is 2. The molecule has 0 radical (unpaired) electrons. The molecule has 0 bridgehead atoms. The van der Waals surface area contributed by atoms with Crippen LogP contribution >= 0.6 is 11.6 Å². The summed E-state index contributed by atoms with van der Waals surface area (Å²) in [5.74, 6) is 1.80. The molecule has 1 aliphatic rings. The lowest BCUT2D eigenvalue weighted by atomic mass is 9.92. The molecule has 4 nitrogen and oxygen atoms in total. The number of amides is 1. The highest BCUT2D eigenvalue weighted by atomic mass is 35.5. The Hall–Kier alpha value is -1.42. The average Bonchev–Trinajstić information content (AvgIpc) is 2.43. The quantitative estimate of drug-likeness (QED) is 0.844. The molecule has 1 N–H and O–H groups in total. The van der Waals surface area contributed by atoms with Gasteiger partial charge in [0.05, 0.1) is 14.2 Å². The van der Waals surface area contributed by atoms with Gasteiger partial charge in [-0.05, 0) is 37.0 Å². The van der Waals surface area contributed by atoms with E-state index in [-0.39, 0.29) is 11.9 Å². The van der Waals surface area contributed by atoms with E-state index < -0.39 is 0 Å². The summed E-state index contributed by atoms with van der Waals surface area (Å²) in [4.78, 5) is 12.1. The predicted octanol–water partition coefficient (Wildman–Crippen LogP) is 2.38. The summed E-state index contributed by atoms with van der Waals surface area (Å²) in [6.07, 6.45) is 2.59. The molecular formula is C14H18ClNO3. The number of carbonyl (C=O) groups excluding carboxylic acids is 1. The number of methoxy groups -OCH3 is 2. The number of carbonyl (C=O) groups is 1. The first-order valence-corrected chi connectivity index (χ1v) is 6.84. The molecule has 0 saturated heterocycles. The smallest absolute Gasteiger partial charge is 0.251 e. The Labute approximate surface area is 118 Å². The van der Waals surface area contributed by atoms with Crippen LogP contribution in [-0.2, 0) is 6.42 Å². The van der Waals surface area contributed by atoms with E-state index >= 15 is 0 Å². The predicted molar refractivity (Wildman–Crippen MR) is 74.5 cm³/mol. The summed E-state index contributed by atoms with van der Waals surface area (Å²) in [5.41, 5.74) is 1.67. The molecule has 19 heavy (non-hydrogen) atoms. The number of nitrogens with one attached hydrogen (secondary N) is 1. The molecule has 0 aliphatic carbocycles. The Morgan fingerprint density at radius 2 is 2.00 bits per heavy atom. The molecule has 5 heteroatoms. The molecule has 0 fully saturated rings. The van der Waals surface area contributed by atoms with E-state index in [1.165, 1.54) is 0 Å². The second-order valence-corrected chi connectivity index (χ2v) is 4.95. The third-order valence-electron chi connectivity index (χ3n) is 3.34. The molecule has 0 spiro atoms. The number of rotatable bonds is 5. The van der Waals surface area contributed by atoms with Gasteiger partial charge in [-0.2, -0.15) is 0 Å². The first-order chi connectivity index (χ1) is 9.19. The van der Waals surface area contributed by atoms with Crippen molar-refractivity contribution in [3.05, 3.63) is 23.3 Å². The van der Waals surface area contributed by atoms with Gasteiger partial charge in [0.25, 0.3) is 5.91 Å². The summed E-state index contributed by atoms with van der Waals surface area (Å²) in [7, 11) is 3.16. The molecule has 1 aliphatic heterocycles. The van der Waals surface area contributed by atoms with Gasteiger partial charge in [-0.1, -0.05) is 0 Å². The lowest BCUT2D eigenvalue weighted by molar-refractivity contribution is 0.0922. The van der Waals surface area contributed by atoms with Gasteiger partial charge in [0.2, 0.25) is 0 Å². The lowest BCUT2D eigenvalue weighted by Crippen LogP contribution is -2.41. The Bertz CT molecular complexity index is 476. The summed E-state index contributed by atoms with van der Waals surface area (Å²) in [5, 5.41) is 3.00. The standard InChI is InChI=1S/C14H18ClNO3/c1-18-12-7-9-6-10(4-3-5-15)16-14(17)11(9)8-13(12)19-2/h7-8,10H,3-6H2,1-2H3,(H,16,17). The number of fused-ring (bicyclic) bond motifs is 1. The molecule has 104 valence electrons. The van der Waals surface area contributed by atoms with Crippen LogP contribution in [0.1, 0.15) is 28.8 Å². The Morgan fingerprint density at radius 1 is 1.32 bits per heavy atom. The van der Waals surface area contributed by atoms with Gasteiger partial charge in [-0.25, -0.2) is 0 Å². The van der Waals surface area contributed by atoms with Crippen molar-refractivity contribution < 1.29 is 14.3 Å². The van der Waals surface area contributed by atoms with E-state index in [0.717, 1.165) is 24.8 Å². The largest absolute Gasteiger partial charge is 0.493 e. The normalized spacial score (nSPS) is 17.6. The third kappa shape index (κ3) is 2.95. The molecule has 0 aromatic heterocycles. The maximum absolute atomic E-state index is 12.1. The van der Waals surface area contributed by atoms with E-state index in [1.54, 1.807) is 20.3 Å². The van der Waals surface area contributed by atoms with Crippen molar-refractivity contribution in [2.45, 2.75) is 25.3 Å². The van der Waals surface area contributed by atoms with Gasteiger partial charge in [0, 0.05) is 17.5 Å².